The molecule has 0 N–H and O–H groups in total. The minimum absolute atomic E-state index is 0.0423. The minimum atomic E-state index is -0.666. The monoisotopic (exact) mass is 582 g/mol. The van der Waals surface area contributed by atoms with Gasteiger partial charge in [0.25, 0.3) is 0 Å². The van der Waals surface area contributed by atoms with Gasteiger partial charge >= 0.3 is 0 Å². The molecule has 0 aromatic heterocycles. The van der Waals surface area contributed by atoms with Crippen molar-refractivity contribution in [3.05, 3.63) is 29.1 Å². The van der Waals surface area contributed by atoms with Crippen LogP contribution in [0.5, 0.6) is 5.75 Å². The van der Waals surface area contributed by atoms with Crippen molar-refractivity contribution in [3.8, 4) is 5.75 Å². The van der Waals surface area contributed by atoms with Gasteiger partial charge in [-0.05, 0) is 38.2 Å². The molecule has 8 heteroatoms. The first-order valence-electron chi connectivity index (χ1n) is 16.0. The van der Waals surface area contributed by atoms with Gasteiger partial charge in [0.05, 0.1) is 18.8 Å². The van der Waals surface area contributed by atoms with Crippen molar-refractivity contribution in [2.24, 2.45) is 0 Å². The number of aldehydes is 1. The Morgan fingerprint density at radius 3 is 1.85 bits per heavy atom. The third kappa shape index (κ3) is 11.6. The number of hydrogen-bond donors (Lipinski definition) is 0. The van der Waals surface area contributed by atoms with Crippen LogP contribution in [-0.4, -0.2) is 70.3 Å². The van der Waals surface area contributed by atoms with Crippen LogP contribution in [0.25, 0.3) is 0 Å². The number of benzene rings is 1. The molecular formula is C33H55FO7. The number of halogens is 1. The molecule has 0 saturated carbocycles. The van der Waals surface area contributed by atoms with Gasteiger partial charge in [0.2, 0.25) is 0 Å². The van der Waals surface area contributed by atoms with E-state index in [0.29, 0.717) is 57.2 Å². The first-order chi connectivity index (χ1) is 20.1. The average molecular weight is 583 g/mol. The zero-order valence-electron chi connectivity index (χ0n) is 26.2. The second-order valence-corrected chi connectivity index (χ2v) is 10.8. The predicted octanol–water partition coefficient (Wildman–Crippen LogP) is 7.63. The van der Waals surface area contributed by atoms with Crippen molar-refractivity contribution in [1.29, 1.82) is 0 Å². The maximum atomic E-state index is 14.8. The van der Waals surface area contributed by atoms with Gasteiger partial charge in [-0.25, -0.2) is 4.39 Å². The summed E-state index contributed by atoms with van der Waals surface area (Å²) in [5.74, 6) is -0.260. The summed E-state index contributed by atoms with van der Waals surface area (Å²) in [6, 6.07) is 2.84. The number of ether oxygens (including phenoxy) is 6. The maximum Gasteiger partial charge on any atom is 0.153 e. The van der Waals surface area contributed by atoms with Gasteiger partial charge in [0, 0.05) is 38.1 Å². The lowest BCUT2D eigenvalue weighted by atomic mass is 9.89. The summed E-state index contributed by atoms with van der Waals surface area (Å²) in [6.45, 7) is 13.6. The Bertz CT molecular complexity index is 836. The second-order valence-electron chi connectivity index (χ2n) is 10.8. The summed E-state index contributed by atoms with van der Waals surface area (Å²) in [4.78, 5) is 11.8. The highest BCUT2D eigenvalue weighted by molar-refractivity contribution is 5.76. The lowest BCUT2D eigenvalue weighted by molar-refractivity contribution is -0.268. The van der Waals surface area contributed by atoms with E-state index in [9.17, 15) is 9.18 Å². The molecule has 0 radical (unpaired) electrons. The summed E-state index contributed by atoms with van der Waals surface area (Å²) in [6.07, 6.45) is 7.44. The van der Waals surface area contributed by atoms with Gasteiger partial charge in [-0.1, -0.05) is 66.7 Å². The fourth-order valence-electron chi connectivity index (χ4n) is 4.76. The van der Waals surface area contributed by atoms with Crippen LogP contribution >= 0.6 is 0 Å². The van der Waals surface area contributed by atoms with Crippen LogP contribution in [-0.2, 0) is 23.7 Å². The molecule has 1 aromatic carbocycles. The summed E-state index contributed by atoms with van der Waals surface area (Å²) >= 11 is 0. The predicted molar refractivity (Wildman–Crippen MR) is 159 cm³/mol. The molecule has 236 valence electrons. The molecular weight excluding hydrogens is 527 g/mol. The number of carbonyl (C=O) groups is 1. The molecule has 0 unspecified atom stereocenters. The van der Waals surface area contributed by atoms with Crippen molar-refractivity contribution >= 4 is 6.29 Å². The molecule has 1 saturated heterocycles. The van der Waals surface area contributed by atoms with Crippen LogP contribution < -0.4 is 4.74 Å². The first-order valence-corrected chi connectivity index (χ1v) is 16.0. The van der Waals surface area contributed by atoms with Gasteiger partial charge in [0.15, 0.2) is 6.29 Å². The van der Waals surface area contributed by atoms with Crippen LogP contribution in [0.1, 0.15) is 121 Å². The molecule has 0 spiro atoms. The van der Waals surface area contributed by atoms with Crippen molar-refractivity contribution in [2.75, 3.05) is 39.6 Å². The Labute approximate surface area is 247 Å². The molecule has 5 atom stereocenters. The quantitative estimate of drug-likeness (QED) is 0.0970. The normalized spacial score (nSPS) is 22.6. The number of hydrogen-bond acceptors (Lipinski definition) is 7. The lowest BCUT2D eigenvalue weighted by Crippen LogP contribution is -2.58. The van der Waals surface area contributed by atoms with Crippen molar-refractivity contribution in [3.63, 3.8) is 0 Å². The van der Waals surface area contributed by atoms with Crippen LogP contribution in [0.2, 0.25) is 0 Å². The van der Waals surface area contributed by atoms with E-state index in [1.165, 1.54) is 6.07 Å². The largest absolute Gasteiger partial charge is 0.493 e. The summed E-state index contributed by atoms with van der Waals surface area (Å²) < 4.78 is 53.4. The second kappa shape index (κ2) is 21.2. The Hall–Kier alpha value is -1.58. The molecule has 7 nitrogen and oxygen atoms in total. The van der Waals surface area contributed by atoms with Gasteiger partial charge in [-0.3, -0.25) is 4.79 Å². The third-order valence-electron chi connectivity index (χ3n) is 7.30. The Balaban J connectivity index is 2.58. The zero-order valence-corrected chi connectivity index (χ0v) is 26.2. The van der Waals surface area contributed by atoms with Gasteiger partial charge in [-0.2, -0.15) is 0 Å². The first kappa shape index (κ1) is 35.6. The summed E-state index contributed by atoms with van der Waals surface area (Å²) in [7, 11) is 0. The minimum Gasteiger partial charge on any atom is -0.493 e. The highest BCUT2D eigenvalue weighted by Gasteiger charge is 2.49. The summed E-state index contributed by atoms with van der Waals surface area (Å²) in [5, 5.41) is 0. The van der Waals surface area contributed by atoms with Crippen LogP contribution in [0.4, 0.5) is 4.39 Å². The molecule has 41 heavy (non-hydrogen) atoms. The number of carbonyl (C=O) groups excluding carboxylic acids is 1. The van der Waals surface area contributed by atoms with E-state index in [0.717, 1.165) is 64.2 Å². The van der Waals surface area contributed by atoms with Crippen molar-refractivity contribution in [2.45, 2.75) is 129 Å². The van der Waals surface area contributed by atoms with E-state index < -0.39 is 36.3 Å². The topological polar surface area (TPSA) is 72.5 Å². The van der Waals surface area contributed by atoms with E-state index >= 15 is 0 Å². The Kier molecular flexibility index (Phi) is 18.4. The Morgan fingerprint density at radius 2 is 1.27 bits per heavy atom. The molecule has 1 heterocycles. The number of rotatable bonds is 23. The molecule has 1 aliphatic rings. The van der Waals surface area contributed by atoms with E-state index in [1.54, 1.807) is 6.07 Å². The number of unbranched alkanes of at least 4 members (excludes halogenated alkanes) is 5. The van der Waals surface area contributed by atoms with Crippen molar-refractivity contribution in [1.82, 2.24) is 0 Å². The molecule has 0 bridgehead atoms. The van der Waals surface area contributed by atoms with Gasteiger partial charge in [-0.15, -0.1) is 0 Å². The smallest absolute Gasteiger partial charge is 0.153 e. The molecule has 0 amide bonds. The Morgan fingerprint density at radius 1 is 0.732 bits per heavy atom. The van der Waals surface area contributed by atoms with Crippen LogP contribution in [0.15, 0.2) is 12.1 Å². The van der Waals surface area contributed by atoms with Gasteiger partial charge < -0.3 is 28.4 Å². The van der Waals surface area contributed by atoms with Gasteiger partial charge in [0.1, 0.15) is 42.1 Å². The van der Waals surface area contributed by atoms with E-state index in [2.05, 4.69) is 34.6 Å². The lowest BCUT2D eigenvalue weighted by Gasteiger charge is -2.46. The van der Waals surface area contributed by atoms with Crippen molar-refractivity contribution < 1.29 is 37.6 Å². The zero-order chi connectivity index (χ0) is 29.9. The molecule has 1 aliphatic heterocycles. The highest BCUT2D eigenvalue weighted by atomic mass is 19.1. The fraction of sp³-hybridized carbons (Fsp3) is 0.788. The average Bonchev–Trinajstić information content (AvgIpc) is 2.97. The van der Waals surface area contributed by atoms with E-state index in [-0.39, 0.29) is 5.56 Å². The van der Waals surface area contributed by atoms with E-state index in [1.807, 2.05) is 0 Å². The SMILES string of the molecule is CCCCOC[C@H]1O[C@@H](c2cc(C=O)c(F)cc2OCCCC)[C@H](OCCCC)[C@@H](OCCCC)[C@@H]1OCCCC. The molecule has 1 fully saturated rings. The molecule has 1 aromatic rings. The van der Waals surface area contributed by atoms with Crippen LogP contribution in [0, 0.1) is 5.82 Å². The van der Waals surface area contributed by atoms with E-state index in [4.69, 9.17) is 28.4 Å². The summed E-state index contributed by atoms with van der Waals surface area (Å²) in [5.41, 5.74) is 0.542. The van der Waals surface area contributed by atoms with Crippen LogP contribution in [0.3, 0.4) is 0 Å². The fourth-order valence-corrected chi connectivity index (χ4v) is 4.76. The maximum absolute atomic E-state index is 14.8. The molecule has 0 aliphatic carbocycles. The molecule has 2 rings (SSSR count). The highest BCUT2D eigenvalue weighted by Crippen LogP contribution is 2.42. The third-order valence-corrected chi connectivity index (χ3v) is 7.30. The standard InChI is InChI=1S/C33H55FO7/c1-6-11-16-36-24-29-31(38-18-13-8-3)33(40-20-15-10-5)32(39-19-14-9-4)30(41-29)26-21-25(23-35)27(34)22-28(26)37-17-12-7-2/h21-23,29-33H,6-20,24H2,1-5H3/t29-,30+,31-,32+,33+/m1/s1.